The van der Waals surface area contributed by atoms with E-state index < -0.39 is 5.82 Å². The van der Waals surface area contributed by atoms with Crippen LogP contribution in [0.2, 0.25) is 0 Å². The predicted molar refractivity (Wildman–Crippen MR) is 54.8 cm³/mol. The van der Waals surface area contributed by atoms with E-state index in [-0.39, 0.29) is 11.6 Å². The van der Waals surface area contributed by atoms with Gasteiger partial charge in [0, 0.05) is 19.6 Å². The van der Waals surface area contributed by atoms with E-state index in [4.69, 9.17) is 5.73 Å². The number of carbonyl (C=O) groups is 1. The van der Waals surface area contributed by atoms with E-state index >= 15 is 0 Å². The number of aromatic nitrogens is 1. The lowest BCUT2D eigenvalue weighted by Gasteiger charge is -2.19. The number of likely N-dealkylation sites (N-methyl/N-ethyl adjacent to an activating group) is 1. The van der Waals surface area contributed by atoms with Crippen LogP contribution in [-0.4, -0.2) is 35.4 Å². The number of hydrogen-bond acceptors (Lipinski definition) is 3. The first-order valence-electron chi connectivity index (χ1n) is 4.80. The van der Waals surface area contributed by atoms with Crippen LogP contribution in [0.3, 0.4) is 0 Å². The van der Waals surface area contributed by atoms with Crippen molar-refractivity contribution in [2.24, 2.45) is 5.73 Å². The van der Waals surface area contributed by atoms with Gasteiger partial charge in [-0.1, -0.05) is 0 Å². The standard InChI is InChI=1S/C10H14FN3O/c1-2-14(6-5-12)10(15)9-4-3-8(11)7-13-9/h3-4,7H,2,5-6,12H2,1H3. The van der Waals surface area contributed by atoms with Crippen LogP contribution in [-0.2, 0) is 0 Å². The fourth-order valence-corrected chi connectivity index (χ4v) is 1.22. The van der Waals surface area contributed by atoms with Gasteiger partial charge >= 0.3 is 0 Å². The van der Waals surface area contributed by atoms with Gasteiger partial charge in [0.2, 0.25) is 0 Å². The molecule has 0 aliphatic heterocycles. The van der Waals surface area contributed by atoms with Crippen LogP contribution in [0.15, 0.2) is 18.3 Å². The fourth-order valence-electron chi connectivity index (χ4n) is 1.22. The molecule has 0 aliphatic carbocycles. The van der Waals surface area contributed by atoms with Gasteiger partial charge in [-0.15, -0.1) is 0 Å². The lowest BCUT2D eigenvalue weighted by atomic mass is 10.3. The largest absolute Gasteiger partial charge is 0.336 e. The Morgan fingerprint density at radius 3 is 2.80 bits per heavy atom. The molecule has 0 fully saturated rings. The summed E-state index contributed by atoms with van der Waals surface area (Å²) in [7, 11) is 0. The molecule has 0 saturated carbocycles. The average molecular weight is 211 g/mol. The number of hydrogen-bond donors (Lipinski definition) is 1. The van der Waals surface area contributed by atoms with E-state index in [9.17, 15) is 9.18 Å². The highest BCUT2D eigenvalue weighted by molar-refractivity contribution is 5.92. The third-order valence-electron chi connectivity index (χ3n) is 2.01. The second-order valence-electron chi connectivity index (χ2n) is 3.04. The topological polar surface area (TPSA) is 59.2 Å². The maximum absolute atomic E-state index is 12.6. The van der Waals surface area contributed by atoms with Crippen LogP contribution in [0.25, 0.3) is 0 Å². The monoisotopic (exact) mass is 211 g/mol. The second kappa shape index (κ2) is 5.41. The van der Waals surface area contributed by atoms with Gasteiger partial charge in [-0.05, 0) is 19.1 Å². The van der Waals surface area contributed by atoms with Gasteiger partial charge in [-0.2, -0.15) is 0 Å². The Labute approximate surface area is 87.9 Å². The Morgan fingerprint density at radius 2 is 2.33 bits per heavy atom. The molecular formula is C10H14FN3O. The van der Waals surface area contributed by atoms with Crippen molar-refractivity contribution >= 4 is 5.91 Å². The van der Waals surface area contributed by atoms with Crippen molar-refractivity contribution in [1.29, 1.82) is 0 Å². The molecule has 0 radical (unpaired) electrons. The Balaban J connectivity index is 2.78. The maximum Gasteiger partial charge on any atom is 0.272 e. The molecule has 0 spiro atoms. The molecule has 1 heterocycles. The highest BCUT2D eigenvalue weighted by Crippen LogP contribution is 2.02. The highest BCUT2D eigenvalue weighted by Gasteiger charge is 2.14. The van der Waals surface area contributed by atoms with Crippen molar-refractivity contribution in [2.45, 2.75) is 6.92 Å². The summed E-state index contributed by atoms with van der Waals surface area (Å²) in [5.41, 5.74) is 5.61. The van der Waals surface area contributed by atoms with Crippen molar-refractivity contribution < 1.29 is 9.18 Å². The lowest BCUT2D eigenvalue weighted by Crippen LogP contribution is -2.35. The van der Waals surface area contributed by atoms with Gasteiger partial charge in [-0.3, -0.25) is 4.79 Å². The van der Waals surface area contributed by atoms with E-state index in [1.165, 1.54) is 12.1 Å². The molecule has 2 N–H and O–H groups in total. The normalized spacial score (nSPS) is 10.1. The zero-order valence-corrected chi connectivity index (χ0v) is 8.61. The summed E-state index contributed by atoms with van der Waals surface area (Å²) < 4.78 is 12.6. The van der Waals surface area contributed by atoms with E-state index in [1.54, 1.807) is 4.90 Å². The van der Waals surface area contributed by atoms with E-state index in [0.717, 1.165) is 6.20 Å². The molecule has 15 heavy (non-hydrogen) atoms. The number of carbonyl (C=O) groups excluding carboxylic acids is 1. The summed E-state index contributed by atoms with van der Waals surface area (Å²) in [6.07, 6.45) is 1.03. The van der Waals surface area contributed by atoms with Crippen molar-refractivity contribution in [3.8, 4) is 0 Å². The molecule has 0 aromatic carbocycles. The predicted octanol–water partition coefficient (Wildman–Crippen LogP) is 0.641. The van der Waals surface area contributed by atoms with Gasteiger partial charge < -0.3 is 10.6 Å². The number of nitrogens with zero attached hydrogens (tertiary/aromatic N) is 2. The van der Waals surface area contributed by atoms with Crippen molar-refractivity contribution in [3.63, 3.8) is 0 Å². The molecular weight excluding hydrogens is 197 g/mol. The minimum absolute atomic E-state index is 0.219. The second-order valence-corrected chi connectivity index (χ2v) is 3.04. The first-order valence-corrected chi connectivity index (χ1v) is 4.80. The third kappa shape index (κ3) is 2.99. The summed E-state index contributed by atoms with van der Waals surface area (Å²) in [5.74, 6) is -0.670. The molecule has 1 rings (SSSR count). The number of pyridine rings is 1. The van der Waals surface area contributed by atoms with E-state index in [1.807, 2.05) is 6.92 Å². The summed E-state index contributed by atoms with van der Waals surface area (Å²) in [4.78, 5) is 17.1. The summed E-state index contributed by atoms with van der Waals surface area (Å²) in [5, 5.41) is 0. The van der Waals surface area contributed by atoms with E-state index in [2.05, 4.69) is 4.98 Å². The molecule has 1 aromatic rings. The van der Waals surface area contributed by atoms with Crippen molar-refractivity contribution in [2.75, 3.05) is 19.6 Å². The van der Waals surface area contributed by atoms with Gasteiger partial charge in [0.25, 0.3) is 5.91 Å². The summed E-state index contributed by atoms with van der Waals surface area (Å²) in [6.45, 7) is 3.31. The minimum atomic E-state index is -0.451. The molecule has 0 aliphatic rings. The Hall–Kier alpha value is -1.49. The number of rotatable bonds is 4. The first kappa shape index (κ1) is 11.6. The molecule has 1 aromatic heterocycles. The molecule has 0 bridgehead atoms. The van der Waals surface area contributed by atoms with Crippen LogP contribution in [0.4, 0.5) is 4.39 Å². The Bertz CT molecular complexity index is 326. The molecule has 0 saturated heterocycles. The van der Waals surface area contributed by atoms with Gasteiger partial charge in [0.1, 0.15) is 11.5 Å². The minimum Gasteiger partial charge on any atom is -0.336 e. The third-order valence-corrected chi connectivity index (χ3v) is 2.01. The van der Waals surface area contributed by atoms with Gasteiger partial charge in [-0.25, -0.2) is 9.37 Å². The highest BCUT2D eigenvalue weighted by atomic mass is 19.1. The molecule has 0 unspecified atom stereocenters. The quantitative estimate of drug-likeness (QED) is 0.795. The summed E-state index contributed by atoms with van der Waals surface area (Å²) in [6, 6.07) is 2.59. The van der Waals surface area contributed by atoms with Crippen LogP contribution >= 0.6 is 0 Å². The smallest absolute Gasteiger partial charge is 0.272 e. The van der Waals surface area contributed by atoms with E-state index in [0.29, 0.717) is 19.6 Å². The maximum atomic E-state index is 12.6. The number of nitrogens with two attached hydrogens (primary N) is 1. The number of halogens is 1. The Morgan fingerprint density at radius 1 is 1.60 bits per heavy atom. The van der Waals surface area contributed by atoms with Crippen LogP contribution in [0, 0.1) is 5.82 Å². The van der Waals surface area contributed by atoms with Gasteiger partial charge in [0.05, 0.1) is 6.20 Å². The first-order chi connectivity index (χ1) is 7.19. The Kier molecular flexibility index (Phi) is 4.17. The van der Waals surface area contributed by atoms with Crippen molar-refractivity contribution in [1.82, 2.24) is 9.88 Å². The molecule has 82 valence electrons. The average Bonchev–Trinajstić information content (AvgIpc) is 2.26. The SMILES string of the molecule is CCN(CCN)C(=O)c1ccc(F)cn1. The zero-order valence-electron chi connectivity index (χ0n) is 8.61. The number of amides is 1. The molecule has 0 atom stereocenters. The van der Waals surface area contributed by atoms with Gasteiger partial charge in [0.15, 0.2) is 0 Å². The van der Waals surface area contributed by atoms with Crippen LogP contribution < -0.4 is 5.73 Å². The lowest BCUT2D eigenvalue weighted by molar-refractivity contribution is 0.0763. The van der Waals surface area contributed by atoms with Crippen LogP contribution in [0.1, 0.15) is 17.4 Å². The molecule has 4 nitrogen and oxygen atoms in total. The molecule has 5 heteroatoms. The van der Waals surface area contributed by atoms with Crippen LogP contribution in [0.5, 0.6) is 0 Å². The zero-order chi connectivity index (χ0) is 11.3. The summed E-state index contributed by atoms with van der Waals surface area (Å²) >= 11 is 0. The molecule has 1 amide bonds. The van der Waals surface area contributed by atoms with Crippen molar-refractivity contribution in [3.05, 3.63) is 29.8 Å². The fraction of sp³-hybridized carbons (Fsp3) is 0.400.